The highest BCUT2D eigenvalue weighted by Gasteiger charge is 2.48. The second-order valence-corrected chi connectivity index (χ2v) is 11.1. The number of thiazole rings is 1. The van der Waals surface area contributed by atoms with Gasteiger partial charge in [0.15, 0.2) is 16.6 Å². The quantitative estimate of drug-likeness (QED) is 0.0712. The number of hydrogen-bond acceptors (Lipinski definition) is 10. The molecule has 0 aliphatic carbocycles. The second kappa shape index (κ2) is 13.1. The Hall–Kier alpha value is -5.42. The lowest BCUT2D eigenvalue weighted by atomic mass is 9.94. The summed E-state index contributed by atoms with van der Waals surface area (Å²) < 4.78 is 16.4. The molecule has 5 rings (SSSR count). The largest absolute Gasteiger partial charge is 0.507 e. The van der Waals surface area contributed by atoms with E-state index in [4.69, 9.17) is 14.2 Å². The molecule has 1 saturated heterocycles. The molecule has 1 aliphatic heterocycles. The van der Waals surface area contributed by atoms with Crippen LogP contribution in [-0.4, -0.2) is 46.6 Å². The number of carbonyl (C=O) groups excluding carboxylic acids is 3. The number of esters is 1. The van der Waals surface area contributed by atoms with Crippen molar-refractivity contribution in [1.82, 2.24) is 4.98 Å². The summed E-state index contributed by atoms with van der Waals surface area (Å²) in [6.07, 6.45) is 1.43. The van der Waals surface area contributed by atoms with E-state index in [1.165, 1.54) is 31.4 Å². The predicted molar refractivity (Wildman–Crippen MR) is 169 cm³/mol. The summed E-state index contributed by atoms with van der Waals surface area (Å²) in [5.41, 5.74) is 2.43. The third-order valence-corrected chi connectivity index (χ3v) is 8.30. The van der Waals surface area contributed by atoms with Crippen molar-refractivity contribution in [2.45, 2.75) is 26.5 Å². The van der Waals surface area contributed by atoms with Crippen LogP contribution in [0.25, 0.3) is 5.76 Å². The summed E-state index contributed by atoms with van der Waals surface area (Å²) in [4.78, 5) is 45.6. The molecule has 1 atom stereocenters. The minimum atomic E-state index is -1.17. The average Bonchev–Trinajstić information content (AvgIpc) is 3.55. The summed E-state index contributed by atoms with van der Waals surface area (Å²) in [6.45, 7) is 7.26. The lowest BCUT2D eigenvalue weighted by molar-refractivity contribution is -0.132. The van der Waals surface area contributed by atoms with Gasteiger partial charge in [0, 0.05) is 5.56 Å². The summed E-state index contributed by atoms with van der Waals surface area (Å²) >= 11 is 0.882. The number of benzene rings is 3. The highest BCUT2D eigenvalue weighted by molar-refractivity contribution is 7.17. The van der Waals surface area contributed by atoms with E-state index in [9.17, 15) is 24.6 Å². The smallest absolute Gasteiger partial charge is 0.350 e. The van der Waals surface area contributed by atoms with E-state index in [2.05, 4.69) is 11.6 Å². The van der Waals surface area contributed by atoms with Crippen molar-refractivity contribution in [2.75, 3.05) is 18.6 Å². The van der Waals surface area contributed by atoms with E-state index in [-0.39, 0.29) is 39.3 Å². The van der Waals surface area contributed by atoms with Gasteiger partial charge in [0.05, 0.1) is 24.4 Å². The third kappa shape index (κ3) is 6.16. The number of nitrogens with zero attached hydrogens (tertiary/aromatic N) is 2. The van der Waals surface area contributed by atoms with Gasteiger partial charge in [-0.2, -0.15) is 0 Å². The molecule has 0 radical (unpaired) electrons. The minimum absolute atomic E-state index is 0.0151. The first kappa shape index (κ1) is 31.0. The van der Waals surface area contributed by atoms with Gasteiger partial charge in [-0.25, -0.2) is 9.78 Å². The maximum Gasteiger partial charge on any atom is 0.350 e. The van der Waals surface area contributed by atoms with E-state index in [1.807, 2.05) is 37.3 Å². The monoisotopic (exact) mass is 626 g/mol. The molecule has 1 aliphatic rings. The maximum absolute atomic E-state index is 13.6. The molecule has 0 spiro atoms. The molecule has 230 valence electrons. The van der Waals surface area contributed by atoms with E-state index in [0.29, 0.717) is 29.2 Å². The SMILES string of the molecule is C=CCOC(=O)c1sc(N2C(=O)C(=O)C(=C(O)c3ccc(OCc4ccccc4)c(C)c3)[C@H]2c2ccc(O)c(OC)c2)nc1C. The van der Waals surface area contributed by atoms with Gasteiger partial charge in [-0.05, 0) is 60.9 Å². The molecule has 11 heteroatoms. The number of carbonyl (C=O) groups is 3. The van der Waals surface area contributed by atoms with Crippen LogP contribution < -0.4 is 14.4 Å². The molecular formula is C34H30N2O8S. The van der Waals surface area contributed by atoms with Gasteiger partial charge < -0.3 is 24.4 Å². The Kier molecular flexibility index (Phi) is 9.01. The molecule has 1 fully saturated rings. The molecule has 2 N–H and O–H groups in total. The highest BCUT2D eigenvalue weighted by Crippen LogP contribution is 2.45. The number of aliphatic hydroxyl groups is 1. The van der Waals surface area contributed by atoms with Crippen LogP contribution >= 0.6 is 11.3 Å². The van der Waals surface area contributed by atoms with Gasteiger partial charge in [0.25, 0.3) is 5.78 Å². The van der Waals surface area contributed by atoms with Gasteiger partial charge in [-0.15, -0.1) is 0 Å². The second-order valence-electron chi connectivity index (χ2n) is 10.2. The molecule has 3 aromatic carbocycles. The van der Waals surface area contributed by atoms with Crippen molar-refractivity contribution in [1.29, 1.82) is 0 Å². The Morgan fingerprint density at radius 2 is 1.82 bits per heavy atom. The van der Waals surface area contributed by atoms with Crippen molar-refractivity contribution in [2.24, 2.45) is 0 Å². The number of phenols is 1. The zero-order valence-corrected chi connectivity index (χ0v) is 25.6. The van der Waals surface area contributed by atoms with Gasteiger partial charge >= 0.3 is 11.9 Å². The van der Waals surface area contributed by atoms with Crippen LogP contribution in [0.1, 0.15) is 43.7 Å². The average molecular weight is 627 g/mol. The number of hydrogen-bond donors (Lipinski definition) is 2. The summed E-state index contributed by atoms with van der Waals surface area (Å²) in [5.74, 6) is -2.44. The van der Waals surface area contributed by atoms with Crippen molar-refractivity contribution in [3.8, 4) is 17.2 Å². The molecule has 1 amide bonds. The maximum atomic E-state index is 13.6. The van der Waals surface area contributed by atoms with Crippen molar-refractivity contribution < 1.29 is 38.8 Å². The van der Waals surface area contributed by atoms with Gasteiger partial charge in [0.2, 0.25) is 0 Å². The third-order valence-electron chi connectivity index (χ3n) is 7.16. The molecule has 4 aromatic rings. The molecule has 45 heavy (non-hydrogen) atoms. The number of aliphatic hydroxyl groups excluding tert-OH is 1. The van der Waals surface area contributed by atoms with E-state index < -0.39 is 29.5 Å². The van der Waals surface area contributed by atoms with Crippen molar-refractivity contribution >= 4 is 39.9 Å². The Balaban J connectivity index is 1.59. The number of aromatic hydroxyl groups is 1. The summed E-state index contributed by atoms with van der Waals surface area (Å²) in [6, 6.07) is 17.8. The van der Waals surface area contributed by atoms with Gasteiger partial charge in [-0.1, -0.05) is 60.4 Å². The zero-order valence-electron chi connectivity index (χ0n) is 24.8. The number of methoxy groups -OCH3 is 1. The zero-order chi connectivity index (χ0) is 32.2. The standard InChI is InChI=1S/C34H30N2O8S/c1-5-15-43-33(41)31-20(3)35-34(45-31)36-28(22-11-13-24(37)26(17-22)42-4)27(30(39)32(36)40)29(38)23-12-14-25(19(2)16-23)44-18-21-9-7-6-8-10-21/h5-14,16-17,28,37-38H,1,15,18H2,2-4H3/t28-/m1/s1. The Labute approximate surface area is 263 Å². The first-order valence-corrected chi connectivity index (χ1v) is 14.7. The summed E-state index contributed by atoms with van der Waals surface area (Å²) in [7, 11) is 1.37. The molecule has 0 unspecified atom stereocenters. The normalized spacial score (nSPS) is 15.6. The molecule has 1 aromatic heterocycles. The predicted octanol–water partition coefficient (Wildman–Crippen LogP) is 6.02. The fourth-order valence-corrected chi connectivity index (χ4v) is 5.92. The van der Waals surface area contributed by atoms with Crippen molar-refractivity contribution in [3.05, 3.63) is 118 Å². The lowest BCUT2D eigenvalue weighted by Crippen LogP contribution is -2.29. The number of phenolic OH excluding ortho intramolecular Hbond substituents is 1. The number of aryl methyl sites for hydroxylation is 2. The number of Topliss-reactive ketones (excluding diaryl/α,β-unsaturated/α-hetero) is 1. The number of rotatable bonds is 10. The van der Waals surface area contributed by atoms with Crippen molar-refractivity contribution in [3.63, 3.8) is 0 Å². The molecule has 10 nitrogen and oxygen atoms in total. The Bertz CT molecular complexity index is 1830. The number of amides is 1. The van der Waals surface area contributed by atoms with Crippen LogP contribution in [0, 0.1) is 13.8 Å². The van der Waals surface area contributed by atoms with Crippen LogP contribution in [-0.2, 0) is 20.9 Å². The van der Waals surface area contributed by atoms with Gasteiger partial charge in [-0.3, -0.25) is 14.5 Å². The van der Waals surface area contributed by atoms with Crippen LogP contribution in [0.3, 0.4) is 0 Å². The van der Waals surface area contributed by atoms with Crippen LogP contribution in [0.5, 0.6) is 17.2 Å². The first-order valence-electron chi connectivity index (χ1n) is 13.9. The number of anilines is 1. The fourth-order valence-electron chi connectivity index (χ4n) is 4.93. The summed E-state index contributed by atoms with van der Waals surface area (Å²) in [5, 5.41) is 21.9. The number of ketones is 1. The van der Waals surface area contributed by atoms with Crippen LogP contribution in [0.15, 0.2) is 85.0 Å². The first-order chi connectivity index (χ1) is 21.6. The van der Waals surface area contributed by atoms with E-state index in [0.717, 1.165) is 21.8 Å². The minimum Gasteiger partial charge on any atom is -0.507 e. The van der Waals surface area contributed by atoms with Gasteiger partial charge in [0.1, 0.15) is 29.6 Å². The topological polar surface area (TPSA) is 135 Å². The molecule has 2 heterocycles. The lowest BCUT2D eigenvalue weighted by Gasteiger charge is -2.23. The molecule has 0 bridgehead atoms. The Morgan fingerprint density at radius 3 is 2.51 bits per heavy atom. The van der Waals surface area contributed by atoms with E-state index >= 15 is 0 Å². The molecular weight excluding hydrogens is 596 g/mol. The highest BCUT2D eigenvalue weighted by atomic mass is 32.1. The van der Waals surface area contributed by atoms with Crippen LogP contribution in [0.2, 0.25) is 0 Å². The van der Waals surface area contributed by atoms with Crippen LogP contribution in [0.4, 0.5) is 5.13 Å². The number of aromatic nitrogens is 1. The fraction of sp³-hybridized carbons (Fsp3) is 0.176. The number of ether oxygens (including phenoxy) is 3. The Morgan fingerprint density at radius 1 is 1.07 bits per heavy atom. The van der Waals surface area contributed by atoms with E-state index in [1.54, 1.807) is 25.1 Å². The molecule has 0 saturated carbocycles.